The number of methoxy groups -OCH3 is 1. The first-order valence-electron chi connectivity index (χ1n) is 2.77. The van der Waals surface area contributed by atoms with Gasteiger partial charge < -0.3 is 11.7 Å². The number of hydrogen-bond donors (Lipinski definition) is 0. The molecule has 0 bridgehead atoms. The van der Waals surface area contributed by atoms with E-state index in [2.05, 4.69) is 6.92 Å². The first-order valence-corrected chi connectivity index (χ1v) is 3.93. The molecule has 0 heterocycles. The second-order valence-corrected chi connectivity index (χ2v) is 2.57. The van der Waals surface area contributed by atoms with Gasteiger partial charge in [0.1, 0.15) is 0 Å². The van der Waals surface area contributed by atoms with Crippen LogP contribution >= 0.6 is 11.8 Å². The molecular weight excluding hydrogens is 127 g/mol. The van der Waals surface area contributed by atoms with Crippen molar-refractivity contribution in [1.29, 1.82) is 0 Å². The Balaban J connectivity index is 0. The molecule has 50 valence electrons. The molecule has 0 aliphatic heterocycles. The van der Waals surface area contributed by atoms with Crippen LogP contribution in [-0.2, 0) is 4.74 Å². The van der Waals surface area contributed by atoms with Gasteiger partial charge in [-0.1, -0.05) is 6.42 Å². The number of rotatable bonds is 5. The first kappa shape index (κ1) is 12.6. The van der Waals surface area contributed by atoms with E-state index in [1.54, 1.807) is 7.11 Å². The molecule has 3 heteroatoms. The standard InChI is InChI=1S/C6H13OS.Li/c1-3-4-5-8-6-7-2;/h1,3-6H2,2H3;/q-1;+1. The zero-order valence-electron chi connectivity index (χ0n) is 6.35. The van der Waals surface area contributed by atoms with Crippen LogP contribution < -0.4 is 18.9 Å². The van der Waals surface area contributed by atoms with Crippen LogP contribution in [0.25, 0.3) is 0 Å². The summed E-state index contributed by atoms with van der Waals surface area (Å²) in [6.07, 6.45) is 2.24. The monoisotopic (exact) mass is 140 g/mol. The van der Waals surface area contributed by atoms with Gasteiger partial charge in [0.15, 0.2) is 0 Å². The van der Waals surface area contributed by atoms with Gasteiger partial charge in [-0.05, 0) is 5.75 Å². The van der Waals surface area contributed by atoms with Crippen molar-refractivity contribution in [2.24, 2.45) is 0 Å². The molecule has 0 saturated heterocycles. The van der Waals surface area contributed by atoms with Crippen LogP contribution in [0.2, 0.25) is 0 Å². The van der Waals surface area contributed by atoms with Crippen molar-refractivity contribution in [3.05, 3.63) is 6.92 Å². The van der Waals surface area contributed by atoms with Crippen molar-refractivity contribution in [2.75, 3.05) is 18.8 Å². The Morgan fingerprint density at radius 1 is 1.56 bits per heavy atom. The molecule has 9 heavy (non-hydrogen) atoms. The largest absolute Gasteiger partial charge is 1.00 e. The Hall–Kier alpha value is 0.907. The van der Waals surface area contributed by atoms with Crippen LogP contribution in [0.5, 0.6) is 0 Å². The fourth-order valence-corrected chi connectivity index (χ4v) is 1.04. The second-order valence-electron chi connectivity index (χ2n) is 1.52. The predicted molar refractivity (Wildman–Crippen MR) is 38.9 cm³/mol. The molecule has 0 rings (SSSR count). The summed E-state index contributed by atoms with van der Waals surface area (Å²) in [5.41, 5.74) is 0. The maximum absolute atomic E-state index is 4.83. The fraction of sp³-hybridized carbons (Fsp3) is 0.833. The molecule has 0 atom stereocenters. The van der Waals surface area contributed by atoms with Gasteiger partial charge >= 0.3 is 18.9 Å². The second kappa shape index (κ2) is 11.7. The van der Waals surface area contributed by atoms with Gasteiger partial charge in [0.25, 0.3) is 0 Å². The predicted octanol–water partition coefficient (Wildman–Crippen LogP) is -1.06. The van der Waals surface area contributed by atoms with Crippen LogP contribution in [0.15, 0.2) is 0 Å². The smallest absolute Gasteiger partial charge is 0.374 e. The van der Waals surface area contributed by atoms with Crippen molar-refractivity contribution < 1.29 is 23.6 Å². The molecule has 0 saturated carbocycles. The van der Waals surface area contributed by atoms with Gasteiger partial charge in [0.2, 0.25) is 0 Å². The van der Waals surface area contributed by atoms with Crippen molar-refractivity contribution in [2.45, 2.75) is 12.8 Å². The number of unbranched alkanes of at least 4 members (excludes halogenated alkanes) is 1. The molecule has 0 radical (unpaired) electrons. The van der Waals surface area contributed by atoms with Gasteiger partial charge in [0, 0.05) is 7.11 Å². The van der Waals surface area contributed by atoms with Gasteiger partial charge in [0.05, 0.1) is 5.94 Å². The van der Waals surface area contributed by atoms with E-state index in [1.807, 2.05) is 11.8 Å². The summed E-state index contributed by atoms with van der Waals surface area (Å²) < 4.78 is 4.83. The quantitative estimate of drug-likeness (QED) is 0.208. The SMILES string of the molecule is [CH2-]CCCSCOC.[Li+]. The molecule has 0 N–H and O–H groups in total. The Bertz CT molecular complexity index is 38.0. The van der Waals surface area contributed by atoms with Crippen molar-refractivity contribution >= 4 is 11.8 Å². The molecule has 0 aromatic rings. The average molecular weight is 140 g/mol. The van der Waals surface area contributed by atoms with E-state index < -0.39 is 0 Å². The Labute approximate surface area is 74.1 Å². The Morgan fingerprint density at radius 2 is 2.22 bits per heavy atom. The van der Waals surface area contributed by atoms with Crippen LogP contribution in [0, 0.1) is 6.92 Å². The van der Waals surface area contributed by atoms with E-state index in [9.17, 15) is 0 Å². The molecule has 1 nitrogen and oxygen atoms in total. The van der Waals surface area contributed by atoms with Crippen molar-refractivity contribution in [3.63, 3.8) is 0 Å². The maximum atomic E-state index is 4.83. The van der Waals surface area contributed by atoms with Crippen LogP contribution in [-0.4, -0.2) is 18.8 Å². The van der Waals surface area contributed by atoms with Gasteiger partial charge in [-0.15, -0.1) is 11.8 Å². The molecule has 0 unspecified atom stereocenters. The molecule has 0 amide bonds. The zero-order chi connectivity index (χ0) is 6.24. The van der Waals surface area contributed by atoms with E-state index in [0.29, 0.717) is 0 Å². The molecule has 0 aliphatic carbocycles. The molecule has 0 fully saturated rings. The van der Waals surface area contributed by atoms with Crippen LogP contribution in [0.1, 0.15) is 12.8 Å². The molecule has 0 aliphatic rings. The van der Waals surface area contributed by atoms with Crippen molar-refractivity contribution in [1.82, 2.24) is 0 Å². The molecule has 0 aromatic carbocycles. The molecule has 0 spiro atoms. The summed E-state index contributed by atoms with van der Waals surface area (Å²) >= 11 is 1.82. The van der Waals surface area contributed by atoms with Crippen LogP contribution in [0.4, 0.5) is 0 Å². The average Bonchev–Trinajstić information content (AvgIpc) is 1.81. The van der Waals surface area contributed by atoms with Gasteiger partial charge in [-0.3, -0.25) is 0 Å². The van der Waals surface area contributed by atoms with E-state index in [1.165, 1.54) is 12.2 Å². The molecule has 0 aromatic heterocycles. The van der Waals surface area contributed by atoms with Gasteiger partial charge in [-0.25, -0.2) is 0 Å². The minimum absolute atomic E-state index is 0. The zero-order valence-corrected chi connectivity index (χ0v) is 7.17. The Kier molecular flexibility index (Phi) is 16.3. The third-order valence-corrected chi connectivity index (χ3v) is 1.72. The number of ether oxygens (including phenoxy) is 1. The third kappa shape index (κ3) is 12.2. The fourth-order valence-electron chi connectivity index (χ4n) is 0.346. The minimum Gasteiger partial charge on any atom is -0.374 e. The van der Waals surface area contributed by atoms with Gasteiger partial charge in [-0.2, -0.15) is 6.42 Å². The molecular formula is C6H13LiOS. The summed E-state index contributed by atoms with van der Waals surface area (Å²) in [5.74, 6) is 2.00. The summed E-state index contributed by atoms with van der Waals surface area (Å²) in [4.78, 5) is 0. The van der Waals surface area contributed by atoms with Crippen molar-refractivity contribution in [3.8, 4) is 0 Å². The topological polar surface area (TPSA) is 9.23 Å². The summed E-state index contributed by atoms with van der Waals surface area (Å²) in [6, 6.07) is 0. The van der Waals surface area contributed by atoms with E-state index >= 15 is 0 Å². The minimum atomic E-state index is 0. The number of hydrogen-bond acceptors (Lipinski definition) is 2. The summed E-state index contributed by atoms with van der Waals surface area (Å²) in [6.45, 7) is 3.73. The van der Waals surface area contributed by atoms with E-state index in [4.69, 9.17) is 4.74 Å². The van der Waals surface area contributed by atoms with E-state index in [-0.39, 0.29) is 18.9 Å². The third-order valence-electron chi connectivity index (χ3n) is 0.740. The summed E-state index contributed by atoms with van der Waals surface area (Å²) in [7, 11) is 1.72. The van der Waals surface area contributed by atoms with E-state index in [0.717, 1.165) is 12.4 Å². The normalized spacial score (nSPS) is 8.67. The maximum Gasteiger partial charge on any atom is 1.00 e. The first-order chi connectivity index (χ1) is 3.91. The number of thioether (sulfide) groups is 1. The van der Waals surface area contributed by atoms with Crippen LogP contribution in [0.3, 0.4) is 0 Å². The summed E-state index contributed by atoms with van der Waals surface area (Å²) in [5, 5.41) is 0. The Morgan fingerprint density at radius 3 is 2.67 bits per heavy atom.